The number of likely N-dealkylation sites (tertiary alicyclic amines) is 2. The zero-order valence-corrected chi connectivity index (χ0v) is 18.9. The van der Waals surface area contributed by atoms with Gasteiger partial charge in [-0.2, -0.15) is 9.78 Å². The maximum atomic E-state index is 12.7. The summed E-state index contributed by atoms with van der Waals surface area (Å²) >= 11 is 5.93. The number of aryl methyl sites for hydroxylation is 1. The van der Waals surface area contributed by atoms with Crippen LogP contribution in [0.4, 0.5) is 10.5 Å². The minimum Gasteiger partial charge on any atom is -0.378 e. The first-order valence-electron chi connectivity index (χ1n) is 11.2. The highest BCUT2D eigenvalue weighted by atomic mass is 35.5. The molecular weight excluding hydrogens is 414 g/mol. The standard InChI is InChI=1S/C23H30ClN5O2/c1-18-12-21(27-8-10-31-11-9-27)3-2-19(18)14-26-6-4-23(16-26)5-7-28(17-23)22(30)29-15-20(24)13-25-29/h2-3,12-13,15H,4-11,14,16-17H2,1H3. The molecule has 31 heavy (non-hydrogen) atoms. The van der Waals surface area contributed by atoms with Crippen LogP contribution in [0.15, 0.2) is 30.6 Å². The van der Waals surface area contributed by atoms with Crippen LogP contribution < -0.4 is 4.90 Å². The van der Waals surface area contributed by atoms with Crippen LogP contribution in [0, 0.1) is 12.3 Å². The summed E-state index contributed by atoms with van der Waals surface area (Å²) in [6, 6.07) is 6.79. The Balaban J connectivity index is 1.20. The minimum absolute atomic E-state index is 0.0724. The van der Waals surface area contributed by atoms with Gasteiger partial charge >= 0.3 is 6.03 Å². The van der Waals surface area contributed by atoms with Crippen molar-refractivity contribution in [1.29, 1.82) is 0 Å². The molecule has 3 saturated heterocycles. The molecule has 7 nitrogen and oxygen atoms in total. The average molecular weight is 444 g/mol. The van der Waals surface area contributed by atoms with Crippen molar-refractivity contribution < 1.29 is 9.53 Å². The van der Waals surface area contributed by atoms with Gasteiger partial charge in [0.1, 0.15) is 0 Å². The largest absolute Gasteiger partial charge is 0.378 e. The van der Waals surface area contributed by atoms with Gasteiger partial charge in [-0.05, 0) is 49.6 Å². The van der Waals surface area contributed by atoms with Crippen LogP contribution >= 0.6 is 11.6 Å². The number of ether oxygens (including phenoxy) is 1. The summed E-state index contributed by atoms with van der Waals surface area (Å²) in [6.45, 7) is 10.5. The third-order valence-electron chi connectivity index (χ3n) is 7.07. The van der Waals surface area contributed by atoms with Crippen LogP contribution in [0.1, 0.15) is 24.0 Å². The fourth-order valence-corrected chi connectivity index (χ4v) is 5.40. The van der Waals surface area contributed by atoms with Crippen LogP contribution in [0.2, 0.25) is 5.02 Å². The Morgan fingerprint density at radius 1 is 1.16 bits per heavy atom. The Hall–Kier alpha value is -2.09. The molecule has 0 N–H and O–H groups in total. The van der Waals surface area contributed by atoms with Gasteiger partial charge in [0, 0.05) is 50.4 Å². The number of hydrogen-bond acceptors (Lipinski definition) is 5. The second kappa shape index (κ2) is 8.45. The SMILES string of the molecule is Cc1cc(N2CCOCC2)ccc1CN1CCC2(CCN(C(=O)n3cc(Cl)cn3)C2)C1. The number of carbonyl (C=O) groups is 1. The Labute approximate surface area is 188 Å². The molecule has 3 fully saturated rings. The van der Waals surface area contributed by atoms with Crippen molar-refractivity contribution in [2.75, 3.05) is 57.4 Å². The number of hydrogen-bond donors (Lipinski definition) is 0. The van der Waals surface area contributed by atoms with Gasteiger partial charge in [-0.15, -0.1) is 0 Å². The van der Waals surface area contributed by atoms with E-state index in [0.717, 1.165) is 71.9 Å². The van der Waals surface area contributed by atoms with E-state index in [4.69, 9.17) is 16.3 Å². The predicted molar refractivity (Wildman–Crippen MR) is 121 cm³/mol. The van der Waals surface area contributed by atoms with E-state index >= 15 is 0 Å². The molecule has 0 saturated carbocycles. The van der Waals surface area contributed by atoms with E-state index in [1.807, 2.05) is 4.90 Å². The van der Waals surface area contributed by atoms with E-state index in [1.54, 1.807) is 6.20 Å². The van der Waals surface area contributed by atoms with Crippen molar-refractivity contribution in [1.82, 2.24) is 19.6 Å². The number of halogens is 1. The Bertz CT molecular complexity index is 957. The number of benzene rings is 1. The Morgan fingerprint density at radius 2 is 1.97 bits per heavy atom. The van der Waals surface area contributed by atoms with Gasteiger partial charge in [-0.25, -0.2) is 4.79 Å². The summed E-state index contributed by atoms with van der Waals surface area (Å²) in [5, 5.41) is 4.56. The molecule has 3 aliphatic rings. The zero-order chi connectivity index (χ0) is 21.4. The predicted octanol–water partition coefficient (Wildman–Crippen LogP) is 3.25. The number of anilines is 1. The number of carbonyl (C=O) groups excluding carboxylic acids is 1. The van der Waals surface area contributed by atoms with E-state index in [1.165, 1.54) is 27.7 Å². The number of amides is 1. The molecule has 1 spiro atoms. The maximum absolute atomic E-state index is 12.7. The molecule has 1 amide bonds. The normalized spacial score (nSPS) is 24.5. The number of nitrogens with zero attached hydrogens (tertiary/aromatic N) is 5. The molecule has 1 unspecified atom stereocenters. The molecule has 0 radical (unpaired) electrons. The molecule has 4 heterocycles. The molecule has 166 valence electrons. The third kappa shape index (κ3) is 4.31. The summed E-state index contributed by atoms with van der Waals surface area (Å²) in [5.41, 5.74) is 4.25. The van der Waals surface area contributed by atoms with Gasteiger partial charge in [0.05, 0.1) is 30.6 Å². The molecule has 0 bridgehead atoms. The monoisotopic (exact) mass is 443 g/mol. The van der Waals surface area contributed by atoms with Gasteiger partial charge < -0.3 is 14.5 Å². The highest BCUT2D eigenvalue weighted by molar-refractivity contribution is 6.30. The van der Waals surface area contributed by atoms with Crippen molar-refractivity contribution >= 4 is 23.3 Å². The molecular formula is C23H30ClN5O2. The van der Waals surface area contributed by atoms with Gasteiger partial charge in [0.2, 0.25) is 0 Å². The molecule has 1 atom stereocenters. The molecule has 8 heteroatoms. The summed E-state index contributed by atoms with van der Waals surface area (Å²) in [7, 11) is 0. The lowest BCUT2D eigenvalue weighted by Gasteiger charge is -2.29. The quantitative estimate of drug-likeness (QED) is 0.728. The Kier molecular flexibility index (Phi) is 5.67. The topological polar surface area (TPSA) is 53.8 Å². The van der Waals surface area contributed by atoms with Crippen LogP contribution in [-0.4, -0.2) is 78.1 Å². The molecule has 3 aliphatic heterocycles. The first-order chi connectivity index (χ1) is 15.0. The molecule has 1 aromatic heterocycles. The number of rotatable bonds is 3. The first-order valence-corrected chi connectivity index (χ1v) is 11.5. The van der Waals surface area contributed by atoms with Crippen LogP contribution in [0.3, 0.4) is 0 Å². The van der Waals surface area contributed by atoms with E-state index in [0.29, 0.717) is 5.02 Å². The van der Waals surface area contributed by atoms with E-state index in [9.17, 15) is 4.79 Å². The second-order valence-electron chi connectivity index (χ2n) is 9.23. The third-order valence-corrected chi connectivity index (χ3v) is 7.26. The highest BCUT2D eigenvalue weighted by Crippen LogP contribution is 2.40. The fraction of sp³-hybridized carbons (Fsp3) is 0.565. The smallest absolute Gasteiger partial charge is 0.344 e. The van der Waals surface area contributed by atoms with Gasteiger partial charge in [-0.1, -0.05) is 17.7 Å². The van der Waals surface area contributed by atoms with Crippen molar-refractivity contribution in [3.8, 4) is 0 Å². The van der Waals surface area contributed by atoms with Gasteiger partial charge in [0.25, 0.3) is 0 Å². The van der Waals surface area contributed by atoms with E-state index < -0.39 is 0 Å². The molecule has 5 rings (SSSR count). The van der Waals surface area contributed by atoms with Crippen molar-refractivity contribution in [3.63, 3.8) is 0 Å². The Morgan fingerprint density at radius 3 is 2.71 bits per heavy atom. The zero-order valence-electron chi connectivity index (χ0n) is 18.1. The highest BCUT2D eigenvalue weighted by Gasteiger charge is 2.45. The van der Waals surface area contributed by atoms with Crippen molar-refractivity contribution in [3.05, 3.63) is 46.7 Å². The van der Waals surface area contributed by atoms with Crippen LogP contribution in [0.5, 0.6) is 0 Å². The summed E-state index contributed by atoms with van der Waals surface area (Å²) in [4.78, 5) is 19.6. The average Bonchev–Trinajstić information content (AvgIpc) is 3.51. The first kappa shape index (κ1) is 20.8. The number of morpholine rings is 1. The maximum Gasteiger partial charge on any atom is 0.344 e. The fourth-order valence-electron chi connectivity index (χ4n) is 5.26. The molecule has 1 aromatic carbocycles. The van der Waals surface area contributed by atoms with Crippen LogP contribution in [0.25, 0.3) is 0 Å². The lowest BCUT2D eigenvalue weighted by Crippen LogP contribution is -2.36. The van der Waals surface area contributed by atoms with Gasteiger partial charge in [0.15, 0.2) is 0 Å². The number of aromatic nitrogens is 2. The second-order valence-corrected chi connectivity index (χ2v) is 9.66. The summed E-state index contributed by atoms with van der Waals surface area (Å²) in [5.74, 6) is 0. The molecule has 2 aromatic rings. The lowest BCUT2D eigenvalue weighted by atomic mass is 9.86. The van der Waals surface area contributed by atoms with Crippen molar-refractivity contribution in [2.45, 2.75) is 26.3 Å². The lowest BCUT2D eigenvalue weighted by molar-refractivity contribution is 0.122. The van der Waals surface area contributed by atoms with E-state index in [2.05, 4.69) is 40.0 Å². The summed E-state index contributed by atoms with van der Waals surface area (Å²) in [6.07, 6.45) is 5.29. The summed E-state index contributed by atoms with van der Waals surface area (Å²) < 4.78 is 6.83. The molecule has 0 aliphatic carbocycles. The van der Waals surface area contributed by atoms with Gasteiger partial charge in [-0.3, -0.25) is 4.90 Å². The van der Waals surface area contributed by atoms with Crippen LogP contribution in [-0.2, 0) is 11.3 Å². The minimum atomic E-state index is -0.0724. The van der Waals surface area contributed by atoms with Crippen molar-refractivity contribution in [2.24, 2.45) is 5.41 Å². The van der Waals surface area contributed by atoms with E-state index in [-0.39, 0.29) is 11.4 Å².